The van der Waals surface area contributed by atoms with Crippen LogP contribution in [0, 0.1) is 47.9 Å². The van der Waals surface area contributed by atoms with Crippen molar-refractivity contribution in [3.8, 4) is 22.9 Å². The molecule has 6 aromatic rings. The molecule has 2 aromatic heterocycles. The van der Waals surface area contributed by atoms with E-state index in [2.05, 4.69) is 51.0 Å². The van der Waals surface area contributed by atoms with Gasteiger partial charge in [-0.1, -0.05) is 75.6 Å². The maximum atomic E-state index is 10.9. The molecule has 8 rings (SSSR count). The smallest absolute Gasteiger partial charge is 0.269 e. The average Bonchev–Trinajstić information content (AvgIpc) is 3.88. The minimum Gasteiger partial charge on any atom is -0.441 e. The van der Waals surface area contributed by atoms with Gasteiger partial charge in [-0.25, -0.2) is 9.97 Å². The number of aromatic nitrogens is 2. The number of alkyl halides is 1. The maximum Gasteiger partial charge on any atom is 0.269 e. The fraction of sp³-hybridized carbons (Fsp3) is 0.400. The number of nitro groups is 2. The summed E-state index contributed by atoms with van der Waals surface area (Å²) in [6.45, 7) is 9.14. The summed E-state index contributed by atoms with van der Waals surface area (Å²) in [6.07, 6.45) is 7.51. The van der Waals surface area contributed by atoms with E-state index in [4.69, 9.17) is 23.0 Å². The number of nitrogens with zero attached hydrogens (tertiary/aromatic N) is 4. The molecule has 0 radical (unpaired) electrons. The van der Waals surface area contributed by atoms with Gasteiger partial charge in [-0.15, -0.1) is 0 Å². The Balaban J connectivity index is 0.000000182. The largest absolute Gasteiger partial charge is 0.441 e. The van der Waals surface area contributed by atoms with Crippen molar-refractivity contribution < 1.29 is 38.0 Å². The molecule has 0 bridgehead atoms. The first kappa shape index (κ1) is 48.9. The van der Waals surface area contributed by atoms with Crippen LogP contribution in [-0.2, 0) is 39.4 Å². The van der Waals surface area contributed by atoms with Gasteiger partial charge in [0.2, 0.25) is 11.8 Å². The molecular formula is C50H57BrN4O10. The highest BCUT2D eigenvalue weighted by atomic mass is 79.9. The van der Waals surface area contributed by atoms with Crippen molar-refractivity contribution in [1.82, 2.24) is 9.97 Å². The van der Waals surface area contributed by atoms with E-state index in [1.807, 2.05) is 63.2 Å². The zero-order valence-corrected chi connectivity index (χ0v) is 38.9. The number of oxazole rings is 2. The van der Waals surface area contributed by atoms with Crippen LogP contribution in [0.4, 0.5) is 11.4 Å². The number of halogens is 1. The van der Waals surface area contributed by atoms with Gasteiger partial charge in [0.05, 0.1) is 54.1 Å². The Morgan fingerprint density at radius 3 is 1.54 bits per heavy atom. The van der Waals surface area contributed by atoms with Gasteiger partial charge in [0.25, 0.3) is 11.4 Å². The molecule has 4 aromatic carbocycles. The van der Waals surface area contributed by atoms with E-state index in [0.717, 1.165) is 102 Å². The molecule has 1 N–H and O–H groups in total. The van der Waals surface area contributed by atoms with Crippen LogP contribution in [0.5, 0.6) is 0 Å². The summed E-state index contributed by atoms with van der Waals surface area (Å²) in [7, 11) is 0. The molecule has 2 fully saturated rings. The molecule has 0 aliphatic heterocycles. The third-order valence-electron chi connectivity index (χ3n) is 11.3. The Morgan fingerprint density at radius 1 is 0.615 bits per heavy atom. The van der Waals surface area contributed by atoms with Gasteiger partial charge >= 0.3 is 0 Å². The Labute approximate surface area is 387 Å². The molecule has 344 valence electrons. The fourth-order valence-corrected chi connectivity index (χ4v) is 8.07. The van der Waals surface area contributed by atoms with Gasteiger partial charge < -0.3 is 28.2 Å². The van der Waals surface area contributed by atoms with Crippen molar-refractivity contribution >= 4 is 27.3 Å². The van der Waals surface area contributed by atoms with E-state index >= 15 is 0 Å². The quantitative estimate of drug-likeness (QED) is 0.0619. The summed E-state index contributed by atoms with van der Waals surface area (Å²) in [4.78, 5) is 29.6. The minimum atomic E-state index is -0.397. The number of rotatable bonds is 14. The molecule has 0 spiro atoms. The highest BCUT2D eigenvalue weighted by Gasteiger charge is 2.25. The number of aryl methyl sites for hydroxylation is 4. The van der Waals surface area contributed by atoms with Crippen molar-refractivity contribution in [2.45, 2.75) is 129 Å². The summed E-state index contributed by atoms with van der Waals surface area (Å²) in [5.74, 6) is 2.83. The average molecular weight is 954 g/mol. The molecule has 0 amide bonds. The number of hydrogen-bond donors (Lipinski definition) is 1. The van der Waals surface area contributed by atoms with E-state index in [0.29, 0.717) is 36.9 Å². The number of non-ortho nitro benzene ring substituents is 2. The molecule has 15 heteroatoms. The van der Waals surface area contributed by atoms with E-state index in [1.54, 1.807) is 24.3 Å². The van der Waals surface area contributed by atoms with Gasteiger partial charge in [0, 0.05) is 40.7 Å². The zero-order chi connectivity index (χ0) is 46.3. The lowest BCUT2D eigenvalue weighted by molar-refractivity contribution is -0.385. The third kappa shape index (κ3) is 15.0. The second-order valence-corrected chi connectivity index (χ2v) is 17.1. The molecule has 2 saturated carbocycles. The van der Waals surface area contributed by atoms with Gasteiger partial charge in [0.1, 0.15) is 22.9 Å². The van der Waals surface area contributed by atoms with Gasteiger partial charge in [-0.3, -0.25) is 20.2 Å². The Kier molecular flexibility index (Phi) is 18.1. The minimum absolute atomic E-state index is 0.0780. The molecule has 0 saturated heterocycles. The molecular weight excluding hydrogens is 896 g/mol. The van der Waals surface area contributed by atoms with E-state index in [9.17, 15) is 25.3 Å². The van der Waals surface area contributed by atoms with Gasteiger partial charge in [-0.2, -0.15) is 0 Å². The first-order chi connectivity index (χ1) is 31.3. The lowest BCUT2D eigenvalue weighted by Gasteiger charge is -2.29. The molecule has 0 unspecified atom stereocenters. The van der Waals surface area contributed by atoms with Crippen LogP contribution in [0.15, 0.2) is 106 Å². The molecule has 2 heterocycles. The highest BCUT2D eigenvalue weighted by Crippen LogP contribution is 2.29. The predicted octanol–water partition coefficient (Wildman–Crippen LogP) is 12.2. The Morgan fingerprint density at radius 2 is 1.06 bits per heavy atom. The highest BCUT2D eigenvalue weighted by molar-refractivity contribution is 9.08. The van der Waals surface area contributed by atoms with Crippen LogP contribution in [-0.4, -0.2) is 49.3 Å². The first-order valence-electron chi connectivity index (χ1n) is 22.0. The van der Waals surface area contributed by atoms with Crippen LogP contribution in [0.3, 0.4) is 0 Å². The number of hydrogen-bond acceptors (Lipinski definition) is 12. The standard InChI is InChI=1S/C25H28N2O5.C18H23NO3.C7H6BrNO2/c1-17-6-3-8-20(12-17)25-26-24(18(2)32-25)16-31-23-11-5-10-22(14-23)30-15-19-7-4-9-21(13-19)27(28)29;1-12-5-3-6-14(9-12)18-19-17(13(2)22-18)11-21-16-8-4-7-15(20)10-16;8-5-6-2-1-3-7(4-6)9(10)11/h3-4,6-9,12-13,22-23H,5,10-11,14-16H2,1-2H3;3,5-6,9,15-16,20H,4,7-8,10-11H2,1-2H3;1-4H,5H2/t22-,23+;15-,16+;/m11./s1. The number of aliphatic hydroxyl groups is 1. The first-order valence-corrected chi connectivity index (χ1v) is 23.1. The second kappa shape index (κ2) is 24.1. The molecule has 14 nitrogen and oxygen atoms in total. The lowest BCUT2D eigenvalue weighted by Crippen LogP contribution is -2.28. The number of nitro benzene ring substituents is 2. The van der Waals surface area contributed by atoms with Crippen LogP contribution in [0.25, 0.3) is 22.9 Å². The van der Waals surface area contributed by atoms with Crippen LogP contribution < -0.4 is 0 Å². The van der Waals surface area contributed by atoms with Crippen LogP contribution in [0.2, 0.25) is 0 Å². The lowest BCUT2D eigenvalue weighted by atomic mass is 9.95. The second-order valence-electron chi connectivity index (χ2n) is 16.6. The Hall–Kier alpha value is -5.58. The SMILES string of the molecule is Cc1cccc(-c2nc(CO[C@H]3CCC[C@@H](O)C3)c(C)o2)c1.Cc1cccc(-c2nc(CO[C@H]3CCC[C@@H](OCc4cccc([N+](=O)[O-])c4)C3)c(C)o2)c1.O=[N+]([O-])c1cccc(CBr)c1. The van der Waals surface area contributed by atoms with Crippen molar-refractivity contribution in [2.24, 2.45) is 0 Å². The van der Waals surface area contributed by atoms with Crippen molar-refractivity contribution in [1.29, 1.82) is 0 Å². The number of aliphatic hydroxyl groups excluding tert-OH is 1. The van der Waals surface area contributed by atoms with Crippen LogP contribution >= 0.6 is 15.9 Å². The van der Waals surface area contributed by atoms with Crippen molar-refractivity contribution in [3.05, 3.63) is 162 Å². The summed E-state index contributed by atoms with van der Waals surface area (Å²) in [5, 5.41) is 31.6. The normalized spacial score (nSPS) is 18.2. The van der Waals surface area contributed by atoms with Crippen molar-refractivity contribution in [3.63, 3.8) is 0 Å². The monoisotopic (exact) mass is 952 g/mol. The molecule has 2 aliphatic carbocycles. The topological polar surface area (TPSA) is 186 Å². The van der Waals surface area contributed by atoms with E-state index < -0.39 is 4.92 Å². The van der Waals surface area contributed by atoms with E-state index in [1.165, 1.54) is 17.7 Å². The van der Waals surface area contributed by atoms with Crippen LogP contribution in [0.1, 0.15) is 96.5 Å². The summed E-state index contributed by atoms with van der Waals surface area (Å²) < 4.78 is 29.8. The fourth-order valence-electron chi connectivity index (χ4n) is 7.72. The van der Waals surface area contributed by atoms with Crippen molar-refractivity contribution in [2.75, 3.05) is 0 Å². The third-order valence-corrected chi connectivity index (χ3v) is 11.9. The molecule has 4 atom stereocenters. The summed E-state index contributed by atoms with van der Waals surface area (Å²) in [5.41, 5.74) is 7.91. The number of benzene rings is 4. The zero-order valence-electron chi connectivity index (χ0n) is 37.3. The molecule has 65 heavy (non-hydrogen) atoms. The van der Waals surface area contributed by atoms with Gasteiger partial charge in [-0.05, 0) is 114 Å². The summed E-state index contributed by atoms with van der Waals surface area (Å²) >= 11 is 3.22. The predicted molar refractivity (Wildman–Crippen MR) is 250 cm³/mol. The molecule has 2 aliphatic rings. The summed E-state index contributed by atoms with van der Waals surface area (Å²) in [6, 6.07) is 29.3. The Bertz CT molecular complexity index is 2490. The number of ether oxygens (including phenoxy) is 3. The van der Waals surface area contributed by atoms with Gasteiger partial charge in [0.15, 0.2) is 0 Å². The van der Waals surface area contributed by atoms with E-state index in [-0.39, 0.29) is 40.7 Å². The maximum absolute atomic E-state index is 10.9.